The molecule has 0 radical (unpaired) electrons. The van der Waals surface area contributed by atoms with Gasteiger partial charge in [-0.1, -0.05) is 27.5 Å². The van der Waals surface area contributed by atoms with Crippen LogP contribution in [0.4, 0.5) is 0 Å². The lowest BCUT2D eigenvalue weighted by Gasteiger charge is -2.07. The molecule has 12 heavy (non-hydrogen) atoms. The van der Waals surface area contributed by atoms with Crippen LogP contribution in [0.3, 0.4) is 0 Å². The Hall–Kier alpha value is 0.750. The fraction of sp³-hybridized carbons (Fsp3) is 0.143. The zero-order valence-corrected chi connectivity index (χ0v) is 11.3. The summed E-state index contributed by atoms with van der Waals surface area (Å²) in [5, 5.41) is 0. The van der Waals surface area contributed by atoms with E-state index in [1.54, 1.807) is 0 Å². The topological polar surface area (TPSA) is 9.23 Å². The molecule has 0 N–H and O–H groups in total. The Morgan fingerprint density at radius 1 is 1.17 bits per heavy atom. The molecule has 0 saturated heterocycles. The lowest BCUT2D eigenvalue weighted by atomic mass is 10.3. The van der Waals surface area contributed by atoms with E-state index in [0.29, 0.717) is 5.75 Å². The Balaban J connectivity index is 3.10. The van der Waals surface area contributed by atoms with Crippen LogP contribution < -0.4 is 4.74 Å². The Morgan fingerprint density at radius 3 is 2.08 bits per heavy atom. The average Bonchev–Trinajstić information content (AvgIpc) is 1.96. The predicted molar refractivity (Wildman–Crippen MR) is 60.9 cm³/mol. The molecule has 0 aliphatic heterocycles. The van der Waals surface area contributed by atoms with E-state index in [9.17, 15) is 0 Å². The first-order valence-electron chi connectivity index (χ1n) is 2.98. The van der Waals surface area contributed by atoms with E-state index in [1.165, 1.54) is 0 Å². The Kier molecular flexibility index (Phi) is 4.37. The molecule has 1 nitrogen and oxygen atoms in total. The summed E-state index contributed by atoms with van der Waals surface area (Å²) in [6, 6.07) is 3.93. The van der Waals surface area contributed by atoms with Gasteiger partial charge in [0, 0.05) is 4.47 Å². The minimum absolute atomic E-state index is 0.138. The van der Waals surface area contributed by atoms with Crippen molar-refractivity contribution in [1.29, 1.82) is 0 Å². The fourth-order valence-corrected chi connectivity index (χ4v) is 3.32. The molecular weight excluding hydrogens is 375 g/mol. The first-order valence-corrected chi connectivity index (χ1v) is 5.90. The molecule has 0 saturated carbocycles. The highest BCUT2D eigenvalue weighted by Gasteiger charge is 2.06. The summed E-state index contributed by atoms with van der Waals surface area (Å²) >= 11 is 15.5. The van der Waals surface area contributed by atoms with Crippen LogP contribution >= 0.6 is 59.4 Å². The highest BCUT2D eigenvalue weighted by atomic mass is 79.9. The van der Waals surface area contributed by atoms with Gasteiger partial charge in [-0.25, -0.2) is 0 Å². The van der Waals surface area contributed by atoms with Crippen molar-refractivity contribution in [3.05, 3.63) is 25.6 Å². The van der Waals surface area contributed by atoms with Gasteiger partial charge in [-0.3, -0.25) is 0 Å². The predicted octanol–water partition coefficient (Wildman–Crippen LogP) is 4.55. The van der Waals surface area contributed by atoms with Crippen LogP contribution in [0.2, 0.25) is 0 Å². The lowest BCUT2D eigenvalue weighted by molar-refractivity contribution is 0.383. The summed E-state index contributed by atoms with van der Waals surface area (Å²) < 4.78 is 7.88. The van der Waals surface area contributed by atoms with Crippen molar-refractivity contribution in [3.8, 4) is 5.75 Å². The zero-order valence-electron chi connectivity index (χ0n) is 5.78. The smallest absolute Gasteiger partial charge is 0.162 e. The van der Waals surface area contributed by atoms with Crippen molar-refractivity contribution in [2.45, 2.75) is 0 Å². The average molecular weight is 379 g/mol. The molecule has 5 heteroatoms. The molecule has 66 valence electrons. The second-order valence-corrected chi connectivity index (χ2v) is 4.79. The van der Waals surface area contributed by atoms with Gasteiger partial charge in [0.15, 0.2) is 6.07 Å². The number of alkyl halides is 1. The monoisotopic (exact) mass is 376 g/mol. The molecule has 0 aromatic heterocycles. The van der Waals surface area contributed by atoms with E-state index in [4.69, 9.17) is 16.3 Å². The van der Waals surface area contributed by atoms with E-state index >= 15 is 0 Å². The summed E-state index contributed by atoms with van der Waals surface area (Å²) in [5.41, 5.74) is 0. The van der Waals surface area contributed by atoms with E-state index in [0.717, 1.165) is 13.4 Å². The standard InChI is InChI=1S/C7H4Br3ClO/c8-4-1-5(9)7(12-3-11)6(10)2-4/h1-2H,3H2. The fourth-order valence-electron chi connectivity index (χ4n) is 0.721. The summed E-state index contributed by atoms with van der Waals surface area (Å²) in [5.74, 6) is 0.716. The van der Waals surface area contributed by atoms with Gasteiger partial charge in [-0.2, -0.15) is 0 Å². The highest BCUT2D eigenvalue weighted by molar-refractivity contribution is 9.11. The normalized spacial score (nSPS) is 10.0. The maximum atomic E-state index is 5.44. The van der Waals surface area contributed by atoms with Crippen molar-refractivity contribution >= 4 is 59.4 Å². The minimum Gasteiger partial charge on any atom is -0.476 e. The van der Waals surface area contributed by atoms with Crippen molar-refractivity contribution in [2.24, 2.45) is 0 Å². The third kappa shape index (κ3) is 2.62. The number of hydrogen-bond acceptors (Lipinski definition) is 1. The maximum Gasteiger partial charge on any atom is 0.162 e. The van der Waals surface area contributed by atoms with Crippen molar-refractivity contribution < 1.29 is 4.74 Å². The summed E-state index contributed by atoms with van der Waals surface area (Å²) in [7, 11) is 0. The molecule has 0 spiro atoms. The van der Waals surface area contributed by atoms with Crippen LogP contribution in [0.25, 0.3) is 0 Å². The summed E-state index contributed by atoms with van der Waals surface area (Å²) in [6.45, 7) is 0. The second-order valence-electron chi connectivity index (χ2n) is 1.95. The minimum atomic E-state index is 0.138. The number of hydrogen-bond donors (Lipinski definition) is 0. The van der Waals surface area contributed by atoms with Gasteiger partial charge in [0.25, 0.3) is 0 Å². The van der Waals surface area contributed by atoms with Gasteiger partial charge >= 0.3 is 0 Å². The second kappa shape index (κ2) is 4.84. The number of halogens is 4. The van der Waals surface area contributed by atoms with Crippen LogP contribution in [-0.2, 0) is 0 Å². The van der Waals surface area contributed by atoms with E-state index < -0.39 is 0 Å². The number of benzene rings is 1. The van der Waals surface area contributed by atoms with Crippen molar-refractivity contribution in [3.63, 3.8) is 0 Å². The Labute approximate surface area is 101 Å². The third-order valence-corrected chi connectivity index (χ3v) is 2.91. The Bertz CT molecular complexity index is 267. The Morgan fingerprint density at radius 2 is 1.67 bits per heavy atom. The maximum absolute atomic E-state index is 5.44. The van der Waals surface area contributed by atoms with Crippen molar-refractivity contribution in [1.82, 2.24) is 0 Å². The molecule has 1 aromatic carbocycles. The molecule has 0 atom stereocenters. The molecular formula is C7H4Br3ClO. The quantitative estimate of drug-likeness (QED) is 0.686. The van der Waals surface area contributed by atoms with E-state index in [-0.39, 0.29) is 6.07 Å². The molecule has 0 aliphatic rings. The van der Waals surface area contributed by atoms with Crippen molar-refractivity contribution in [2.75, 3.05) is 6.07 Å². The van der Waals surface area contributed by atoms with Gasteiger partial charge in [-0.05, 0) is 44.0 Å². The first kappa shape index (κ1) is 10.8. The molecule has 0 fully saturated rings. The molecule has 1 rings (SSSR count). The van der Waals surface area contributed by atoms with Crippen LogP contribution in [-0.4, -0.2) is 6.07 Å². The molecule has 0 heterocycles. The molecule has 0 unspecified atom stereocenters. The van der Waals surface area contributed by atoms with Gasteiger partial charge in [-0.15, -0.1) is 0 Å². The van der Waals surface area contributed by atoms with Gasteiger partial charge < -0.3 is 4.74 Å². The van der Waals surface area contributed by atoms with Crippen LogP contribution in [0.5, 0.6) is 5.75 Å². The number of ether oxygens (including phenoxy) is 1. The van der Waals surface area contributed by atoms with E-state index in [1.807, 2.05) is 12.1 Å². The third-order valence-electron chi connectivity index (χ3n) is 1.16. The highest BCUT2D eigenvalue weighted by Crippen LogP contribution is 2.36. The first-order chi connectivity index (χ1) is 5.65. The SMILES string of the molecule is ClCOc1c(Br)cc(Br)cc1Br. The summed E-state index contributed by atoms with van der Waals surface area (Å²) in [4.78, 5) is 0. The van der Waals surface area contributed by atoms with Crippen LogP contribution in [0.15, 0.2) is 25.6 Å². The molecule has 1 aromatic rings. The number of rotatable bonds is 2. The zero-order chi connectivity index (χ0) is 9.14. The van der Waals surface area contributed by atoms with Crippen LogP contribution in [0.1, 0.15) is 0 Å². The van der Waals surface area contributed by atoms with Gasteiger partial charge in [0.1, 0.15) is 5.75 Å². The lowest BCUT2D eigenvalue weighted by Crippen LogP contribution is -1.91. The summed E-state index contributed by atoms with van der Waals surface area (Å²) in [6.07, 6.45) is 0. The van der Waals surface area contributed by atoms with Gasteiger partial charge in [0.2, 0.25) is 0 Å². The van der Waals surface area contributed by atoms with E-state index in [2.05, 4.69) is 47.8 Å². The largest absolute Gasteiger partial charge is 0.476 e. The molecule has 0 bridgehead atoms. The van der Waals surface area contributed by atoms with Crippen LogP contribution in [0, 0.1) is 0 Å². The molecule has 0 aliphatic carbocycles. The van der Waals surface area contributed by atoms with Gasteiger partial charge in [0.05, 0.1) is 8.95 Å². The molecule has 0 amide bonds.